The maximum Gasteiger partial charge on any atom is -0.0264 e. The van der Waals surface area contributed by atoms with Crippen molar-refractivity contribution in [1.82, 2.24) is 0 Å². The predicted molar refractivity (Wildman–Crippen MR) is 127 cm³/mol. The molecule has 0 unspecified atom stereocenters. The van der Waals surface area contributed by atoms with E-state index in [9.17, 15) is 0 Å². The Morgan fingerprint density at radius 1 is 0.793 bits per heavy atom. The van der Waals surface area contributed by atoms with Crippen LogP contribution >= 0.6 is 0 Å². The highest BCUT2D eigenvalue weighted by Gasteiger charge is 2.60. The molecule has 29 heavy (non-hydrogen) atoms. The molecule has 0 aromatic heterocycles. The third-order valence-corrected chi connectivity index (χ3v) is 11.6. The minimum Gasteiger partial charge on any atom is -0.0651 e. The van der Waals surface area contributed by atoms with Crippen LogP contribution in [0.4, 0.5) is 0 Å². The van der Waals surface area contributed by atoms with Crippen LogP contribution in [-0.4, -0.2) is 0 Å². The van der Waals surface area contributed by atoms with Crippen molar-refractivity contribution in [2.45, 2.75) is 125 Å². The van der Waals surface area contributed by atoms with Crippen molar-refractivity contribution in [2.75, 3.05) is 0 Å². The van der Waals surface area contributed by atoms with Gasteiger partial charge in [0.05, 0.1) is 0 Å². The van der Waals surface area contributed by atoms with Gasteiger partial charge in [0.25, 0.3) is 0 Å². The first-order valence-electron chi connectivity index (χ1n) is 13.8. The predicted octanol–water partition coefficient (Wildman–Crippen LogP) is 9.13. The van der Waals surface area contributed by atoms with Crippen LogP contribution in [0, 0.1) is 58.2 Å². The summed E-state index contributed by atoms with van der Waals surface area (Å²) >= 11 is 0. The monoisotopic (exact) mass is 400 g/mol. The molecule has 0 amide bonds. The molecule has 4 saturated carbocycles. The maximum atomic E-state index is 2.76. The van der Waals surface area contributed by atoms with Gasteiger partial charge in [-0.15, -0.1) is 0 Å². The van der Waals surface area contributed by atoms with Gasteiger partial charge in [0.2, 0.25) is 0 Å². The summed E-state index contributed by atoms with van der Waals surface area (Å²) in [5.74, 6) is 8.13. The van der Waals surface area contributed by atoms with E-state index in [1.807, 2.05) is 0 Å². The van der Waals surface area contributed by atoms with Crippen molar-refractivity contribution in [3.05, 3.63) is 0 Å². The van der Waals surface area contributed by atoms with Crippen LogP contribution in [-0.2, 0) is 0 Å². The molecule has 0 saturated heterocycles. The highest BCUT2D eigenvalue weighted by atomic mass is 14.6. The van der Waals surface area contributed by atoms with Crippen LogP contribution in [0.2, 0.25) is 0 Å². The van der Waals surface area contributed by atoms with Crippen molar-refractivity contribution < 1.29 is 0 Å². The summed E-state index contributed by atoms with van der Waals surface area (Å²) in [6.07, 6.45) is 19.8. The minimum atomic E-state index is 0.669. The highest BCUT2D eigenvalue weighted by Crippen LogP contribution is 2.68. The van der Waals surface area contributed by atoms with Gasteiger partial charge in [-0.05, 0) is 116 Å². The zero-order valence-corrected chi connectivity index (χ0v) is 20.8. The normalized spacial score (nSPS) is 48.1. The molecule has 4 aliphatic carbocycles. The fraction of sp³-hybridized carbons (Fsp3) is 1.00. The molecule has 9 atom stereocenters. The number of rotatable bonds is 6. The largest absolute Gasteiger partial charge is 0.0651 e. The van der Waals surface area contributed by atoms with E-state index in [-0.39, 0.29) is 0 Å². The number of hydrogen-bond acceptors (Lipinski definition) is 0. The Labute approximate surface area is 183 Å². The average Bonchev–Trinajstić information content (AvgIpc) is 3.04. The van der Waals surface area contributed by atoms with Crippen molar-refractivity contribution in [3.63, 3.8) is 0 Å². The van der Waals surface area contributed by atoms with E-state index in [0.717, 1.165) is 47.3 Å². The lowest BCUT2D eigenvalue weighted by Gasteiger charge is -2.61. The molecule has 0 spiro atoms. The van der Waals surface area contributed by atoms with E-state index in [1.165, 1.54) is 32.1 Å². The average molecular weight is 401 g/mol. The minimum absolute atomic E-state index is 0.669. The van der Waals surface area contributed by atoms with E-state index in [0.29, 0.717) is 10.8 Å². The SMILES string of the molecule is CC[C@@H]1CC[C@@]2(C)[C@@H](CC[C@@H]3[C@@H]2CC[C@]2(C)[C@@H]([C@H](C)CCCC(C)C)CC[C@@H]32)C1. The first kappa shape index (κ1) is 22.2. The van der Waals surface area contributed by atoms with Crippen LogP contribution in [0.15, 0.2) is 0 Å². The lowest BCUT2D eigenvalue weighted by molar-refractivity contribution is -0.121. The van der Waals surface area contributed by atoms with Crippen LogP contribution in [0.5, 0.6) is 0 Å². The summed E-state index contributed by atoms with van der Waals surface area (Å²) in [4.78, 5) is 0. The molecule has 4 fully saturated rings. The first-order chi connectivity index (χ1) is 13.8. The molecular weight excluding hydrogens is 348 g/mol. The Kier molecular flexibility index (Phi) is 6.51. The van der Waals surface area contributed by atoms with Gasteiger partial charge in [0.15, 0.2) is 0 Å². The van der Waals surface area contributed by atoms with Gasteiger partial charge >= 0.3 is 0 Å². The van der Waals surface area contributed by atoms with E-state index < -0.39 is 0 Å². The van der Waals surface area contributed by atoms with Crippen molar-refractivity contribution in [1.29, 1.82) is 0 Å². The van der Waals surface area contributed by atoms with Crippen molar-refractivity contribution >= 4 is 0 Å². The molecule has 0 aliphatic heterocycles. The Morgan fingerprint density at radius 2 is 1.52 bits per heavy atom. The Morgan fingerprint density at radius 3 is 2.24 bits per heavy atom. The number of fused-ring (bicyclic) bond motifs is 5. The Balaban J connectivity index is 1.45. The Bertz CT molecular complexity index is 548. The molecular formula is C29H52. The summed E-state index contributed by atoms with van der Waals surface area (Å²) in [7, 11) is 0. The van der Waals surface area contributed by atoms with E-state index in [1.54, 1.807) is 51.4 Å². The molecule has 168 valence electrons. The molecule has 4 aliphatic rings. The second-order valence-corrected chi connectivity index (χ2v) is 13.2. The third kappa shape index (κ3) is 3.86. The lowest BCUT2D eigenvalue weighted by atomic mass is 9.44. The summed E-state index contributed by atoms with van der Waals surface area (Å²) in [6.45, 7) is 15.4. The molecule has 4 rings (SSSR count). The van der Waals surface area contributed by atoms with Crippen LogP contribution in [0.3, 0.4) is 0 Å². The van der Waals surface area contributed by atoms with Crippen molar-refractivity contribution in [2.24, 2.45) is 58.2 Å². The van der Waals surface area contributed by atoms with Gasteiger partial charge in [0.1, 0.15) is 0 Å². The van der Waals surface area contributed by atoms with E-state index in [4.69, 9.17) is 0 Å². The van der Waals surface area contributed by atoms with Crippen LogP contribution < -0.4 is 0 Å². The summed E-state index contributed by atoms with van der Waals surface area (Å²) in [5.41, 5.74) is 1.36. The second-order valence-electron chi connectivity index (χ2n) is 13.2. The highest BCUT2D eigenvalue weighted by molar-refractivity contribution is 5.09. The third-order valence-electron chi connectivity index (χ3n) is 11.6. The van der Waals surface area contributed by atoms with Crippen LogP contribution in [0.25, 0.3) is 0 Å². The Hall–Kier alpha value is 0. The molecule has 0 aromatic carbocycles. The van der Waals surface area contributed by atoms with Gasteiger partial charge in [0, 0.05) is 0 Å². The first-order valence-corrected chi connectivity index (χ1v) is 13.8. The van der Waals surface area contributed by atoms with Crippen molar-refractivity contribution in [3.8, 4) is 0 Å². The topological polar surface area (TPSA) is 0 Å². The maximum absolute atomic E-state index is 2.76. The van der Waals surface area contributed by atoms with Gasteiger partial charge in [-0.1, -0.05) is 67.2 Å². The smallest absolute Gasteiger partial charge is 0.0264 e. The summed E-state index contributed by atoms with van der Waals surface area (Å²) in [5, 5.41) is 0. The standard InChI is InChI=1S/C29H52/c1-7-22-15-17-28(5)23(19-22)11-12-24-26-14-13-25(21(4)10-8-9-20(2)3)29(26,6)18-16-27(24)28/h20-27H,7-19H2,1-6H3/t21-,22-,23+,24+,25-,26+,27+,28+,29-/m1/s1. The quantitative estimate of drug-likeness (QED) is 0.417. The van der Waals surface area contributed by atoms with Gasteiger partial charge in [-0.3, -0.25) is 0 Å². The molecule has 0 heteroatoms. The molecule has 0 heterocycles. The zero-order chi connectivity index (χ0) is 20.8. The number of hydrogen-bond donors (Lipinski definition) is 0. The molecule has 0 radical (unpaired) electrons. The summed E-state index contributed by atoms with van der Waals surface area (Å²) < 4.78 is 0. The van der Waals surface area contributed by atoms with Crippen LogP contribution in [0.1, 0.15) is 125 Å². The molecule has 0 bridgehead atoms. The zero-order valence-electron chi connectivity index (χ0n) is 20.8. The molecule has 0 nitrogen and oxygen atoms in total. The second kappa shape index (κ2) is 8.50. The fourth-order valence-electron chi connectivity index (χ4n) is 9.74. The molecule has 0 N–H and O–H groups in total. The van der Waals surface area contributed by atoms with E-state index >= 15 is 0 Å². The summed E-state index contributed by atoms with van der Waals surface area (Å²) in [6, 6.07) is 0. The molecule has 0 aromatic rings. The van der Waals surface area contributed by atoms with Gasteiger partial charge in [-0.25, -0.2) is 0 Å². The van der Waals surface area contributed by atoms with E-state index in [2.05, 4.69) is 41.5 Å². The fourth-order valence-corrected chi connectivity index (χ4v) is 9.74. The lowest BCUT2D eigenvalue weighted by Crippen LogP contribution is -2.53. The van der Waals surface area contributed by atoms with Gasteiger partial charge in [-0.2, -0.15) is 0 Å². The van der Waals surface area contributed by atoms with Gasteiger partial charge < -0.3 is 0 Å².